The first-order valence-electron chi connectivity index (χ1n) is 2.78. The molecule has 3 nitrogen and oxygen atoms in total. The lowest BCUT2D eigenvalue weighted by molar-refractivity contribution is 0.311. The van der Waals surface area contributed by atoms with E-state index in [0.717, 1.165) is 5.13 Å². The Hall–Kier alpha value is -0.320. The molecule has 0 aliphatic rings. The average molecular weight is 179 g/mol. The number of halogens is 1. The molecule has 5 heteroatoms. The van der Waals surface area contributed by atoms with Crippen LogP contribution >= 0.6 is 22.9 Å². The van der Waals surface area contributed by atoms with Crippen molar-refractivity contribution in [2.75, 3.05) is 18.5 Å². The smallest absolute Gasteiger partial charge is 0.184 e. The molecule has 0 amide bonds. The van der Waals surface area contributed by atoms with Crippen LogP contribution in [-0.2, 0) is 0 Å². The van der Waals surface area contributed by atoms with Crippen LogP contribution in [0, 0.1) is 0 Å². The highest BCUT2D eigenvalue weighted by atomic mass is 35.5. The highest BCUT2D eigenvalue weighted by Crippen LogP contribution is 2.17. The molecule has 1 aromatic rings. The lowest BCUT2D eigenvalue weighted by Gasteiger charge is -1.95. The van der Waals surface area contributed by atoms with Crippen molar-refractivity contribution >= 4 is 28.1 Å². The Morgan fingerprint density at radius 2 is 2.60 bits per heavy atom. The fraction of sp³-hybridized carbons (Fsp3) is 0.400. The number of rotatable bonds is 3. The van der Waals surface area contributed by atoms with E-state index in [9.17, 15) is 0 Å². The van der Waals surface area contributed by atoms with Gasteiger partial charge in [0, 0.05) is 11.9 Å². The number of anilines is 1. The molecule has 1 heterocycles. The number of aromatic nitrogens is 1. The number of hydrogen-bond acceptors (Lipinski definition) is 4. The molecule has 0 aromatic carbocycles. The summed E-state index contributed by atoms with van der Waals surface area (Å²) < 4.78 is 0. The van der Waals surface area contributed by atoms with Gasteiger partial charge in [0.1, 0.15) is 5.15 Å². The Bertz CT molecular complexity index is 203. The van der Waals surface area contributed by atoms with Gasteiger partial charge in [-0.2, -0.15) is 0 Å². The zero-order valence-electron chi connectivity index (χ0n) is 5.17. The summed E-state index contributed by atoms with van der Waals surface area (Å²) in [5.74, 6) is 0. The van der Waals surface area contributed by atoms with Gasteiger partial charge in [-0.25, -0.2) is 4.98 Å². The summed E-state index contributed by atoms with van der Waals surface area (Å²) in [6, 6.07) is 0. The molecule has 0 saturated heterocycles. The number of hydrogen-bond donors (Lipinski definition) is 2. The molecule has 1 aromatic heterocycles. The third-order valence-electron chi connectivity index (χ3n) is 0.864. The van der Waals surface area contributed by atoms with Gasteiger partial charge in [0.05, 0.1) is 6.61 Å². The minimum Gasteiger partial charge on any atom is -0.395 e. The van der Waals surface area contributed by atoms with Crippen molar-refractivity contribution in [1.29, 1.82) is 0 Å². The Balaban J connectivity index is 2.42. The van der Waals surface area contributed by atoms with Gasteiger partial charge in [0.25, 0.3) is 0 Å². The largest absolute Gasteiger partial charge is 0.395 e. The maximum Gasteiger partial charge on any atom is 0.184 e. The van der Waals surface area contributed by atoms with Gasteiger partial charge in [0.2, 0.25) is 0 Å². The molecule has 56 valence electrons. The molecule has 1 rings (SSSR count). The number of aliphatic hydroxyl groups is 1. The summed E-state index contributed by atoms with van der Waals surface area (Å²) in [5, 5.41) is 14.3. The van der Waals surface area contributed by atoms with Crippen LogP contribution in [0.1, 0.15) is 0 Å². The molecule has 0 fully saturated rings. The average Bonchev–Trinajstić information content (AvgIpc) is 2.31. The van der Waals surface area contributed by atoms with Crippen LogP contribution in [0.25, 0.3) is 0 Å². The van der Waals surface area contributed by atoms with Crippen LogP contribution in [0.2, 0.25) is 5.15 Å². The van der Waals surface area contributed by atoms with E-state index in [1.54, 1.807) is 5.38 Å². The van der Waals surface area contributed by atoms with Crippen LogP contribution in [0.5, 0.6) is 0 Å². The van der Waals surface area contributed by atoms with Crippen molar-refractivity contribution in [1.82, 2.24) is 4.98 Å². The van der Waals surface area contributed by atoms with E-state index < -0.39 is 0 Å². The first-order valence-corrected chi connectivity index (χ1v) is 4.04. The van der Waals surface area contributed by atoms with Gasteiger partial charge in [-0.05, 0) is 0 Å². The van der Waals surface area contributed by atoms with Crippen LogP contribution in [0.15, 0.2) is 5.38 Å². The van der Waals surface area contributed by atoms with Gasteiger partial charge >= 0.3 is 0 Å². The Morgan fingerprint density at radius 1 is 1.80 bits per heavy atom. The third-order valence-corrected chi connectivity index (χ3v) is 1.99. The second kappa shape index (κ2) is 3.75. The maximum atomic E-state index is 8.42. The molecule has 2 N–H and O–H groups in total. The molecule has 0 spiro atoms. The standard InChI is InChI=1S/C5H7ClN2OS/c6-4-3-10-5(8-4)7-1-2-9/h3,9H,1-2H2,(H,7,8). The molecular formula is C5H7ClN2OS. The maximum absolute atomic E-state index is 8.42. The second-order valence-corrected chi connectivity index (χ2v) is 2.87. The SMILES string of the molecule is OCCNc1nc(Cl)cs1. The predicted octanol–water partition coefficient (Wildman–Crippen LogP) is 1.20. The minimum absolute atomic E-state index is 0.108. The normalized spacial score (nSPS) is 9.80. The van der Waals surface area contributed by atoms with E-state index in [-0.39, 0.29) is 6.61 Å². The van der Waals surface area contributed by atoms with Gasteiger partial charge in [-0.3, -0.25) is 0 Å². The molecule has 0 radical (unpaired) electrons. The highest BCUT2D eigenvalue weighted by Gasteiger charge is 1.95. The molecule has 10 heavy (non-hydrogen) atoms. The summed E-state index contributed by atoms with van der Waals surface area (Å²) in [6.07, 6.45) is 0. The molecule has 0 aliphatic heterocycles. The highest BCUT2D eigenvalue weighted by molar-refractivity contribution is 7.14. The van der Waals surface area contributed by atoms with Gasteiger partial charge < -0.3 is 10.4 Å². The van der Waals surface area contributed by atoms with E-state index in [1.807, 2.05) is 0 Å². The Kier molecular flexibility index (Phi) is 2.92. The lowest BCUT2D eigenvalue weighted by atomic mass is 10.7. The minimum atomic E-state index is 0.108. The third kappa shape index (κ3) is 2.13. The first kappa shape index (κ1) is 7.78. The second-order valence-electron chi connectivity index (χ2n) is 1.63. The topological polar surface area (TPSA) is 45.1 Å². The number of thiazole rings is 1. The Morgan fingerprint density at radius 3 is 3.10 bits per heavy atom. The fourth-order valence-electron chi connectivity index (χ4n) is 0.498. The number of nitrogens with one attached hydrogen (secondary N) is 1. The van der Waals surface area contributed by atoms with Gasteiger partial charge in [-0.1, -0.05) is 11.6 Å². The zero-order valence-corrected chi connectivity index (χ0v) is 6.74. The van der Waals surface area contributed by atoms with E-state index in [1.165, 1.54) is 11.3 Å². The summed E-state index contributed by atoms with van der Waals surface area (Å²) >= 11 is 6.96. The quantitative estimate of drug-likeness (QED) is 0.731. The fourth-order valence-corrected chi connectivity index (χ4v) is 1.36. The summed E-state index contributed by atoms with van der Waals surface area (Å²) in [4.78, 5) is 3.91. The van der Waals surface area contributed by atoms with Crippen molar-refractivity contribution in [2.24, 2.45) is 0 Å². The van der Waals surface area contributed by atoms with Crippen LogP contribution < -0.4 is 5.32 Å². The molecule has 0 unspecified atom stereocenters. The van der Waals surface area contributed by atoms with E-state index in [0.29, 0.717) is 11.7 Å². The molecular weight excluding hydrogens is 172 g/mol. The van der Waals surface area contributed by atoms with E-state index in [4.69, 9.17) is 16.7 Å². The van der Waals surface area contributed by atoms with Crippen LogP contribution in [0.4, 0.5) is 5.13 Å². The van der Waals surface area contributed by atoms with Gasteiger partial charge in [-0.15, -0.1) is 11.3 Å². The Labute approximate surface area is 67.7 Å². The molecule has 0 saturated carbocycles. The monoisotopic (exact) mass is 178 g/mol. The summed E-state index contributed by atoms with van der Waals surface area (Å²) in [6.45, 7) is 0.626. The zero-order chi connectivity index (χ0) is 7.40. The lowest BCUT2D eigenvalue weighted by Crippen LogP contribution is -2.04. The number of aliphatic hydroxyl groups excluding tert-OH is 1. The predicted molar refractivity (Wildman–Crippen MR) is 42.7 cm³/mol. The van der Waals surface area contributed by atoms with Crippen molar-refractivity contribution in [3.05, 3.63) is 10.5 Å². The summed E-state index contributed by atoms with van der Waals surface area (Å²) in [5.41, 5.74) is 0. The summed E-state index contributed by atoms with van der Waals surface area (Å²) in [7, 11) is 0. The number of nitrogens with zero attached hydrogens (tertiary/aromatic N) is 1. The van der Waals surface area contributed by atoms with Crippen molar-refractivity contribution in [2.45, 2.75) is 0 Å². The van der Waals surface area contributed by atoms with Crippen LogP contribution in [-0.4, -0.2) is 23.2 Å². The molecule has 0 atom stereocenters. The molecule has 0 aliphatic carbocycles. The van der Waals surface area contributed by atoms with Crippen molar-refractivity contribution in [3.8, 4) is 0 Å². The molecule has 0 bridgehead atoms. The van der Waals surface area contributed by atoms with Crippen LogP contribution in [0.3, 0.4) is 0 Å². The van der Waals surface area contributed by atoms with E-state index in [2.05, 4.69) is 10.3 Å². The first-order chi connectivity index (χ1) is 4.83. The van der Waals surface area contributed by atoms with E-state index >= 15 is 0 Å². The van der Waals surface area contributed by atoms with Gasteiger partial charge in [0.15, 0.2) is 5.13 Å². The van der Waals surface area contributed by atoms with Crippen molar-refractivity contribution in [3.63, 3.8) is 0 Å². The van der Waals surface area contributed by atoms with Crippen molar-refractivity contribution < 1.29 is 5.11 Å².